The quantitative estimate of drug-likeness (QED) is 0.846. The number of aromatic nitrogens is 2. The zero-order chi connectivity index (χ0) is 16.3. The highest BCUT2D eigenvalue weighted by molar-refractivity contribution is 6.28. The van der Waals surface area contributed by atoms with E-state index in [0.717, 1.165) is 30.9 Å². The van der Waals surface area contributed by atoms with Crippen molar-refractivity contribution in [1.29, 1.82) is 0 Å². The van der Waals surface area contributed by atoms with Crippen molar-refractivity contribution in [1.82, 2.24) is 15.3 Å². The Morgan fingerprint density at radius 1 is 1.45 bits per heavy atom. The van der Waals surface area contributed by atoms with Crippen molar-refractivity contribution < 1.29 is 9.53 Å². The standard InChI is InChI=1S/C15H23ClN4O2/c1-10-8-12(19-13(16)17-10)20-7-5-6-11(9-20)18-14(21)22-15(2,3)4/h8,11H,5-7,9H2,1-4H3,(H,18,21). The number of nitrogens with one attached hydrogen (secondary N) is 1. The zero-order valence-corrected chi connectivity index (χ0v) is 14.3. The molecule has 1 atom stereocenters. The minimum atomic E-state index is -0.490. The molecule has 0 aromatic carbocycles. The molecule has 1 aromatic rings. The number of alkyl carbamates (subject to hydrolysis) is 1. The molecule has 122 valence electrons. The SMILES string of the molecule is Cc1cc(N2CCCC(NC(=O)OC(C)(C)C)C2)nc(Cl)n1. The first-order valence-electron chi connectivity index (χ1n) is 7.48. The predicted molar refractivity (Wildman–Crippen MR) is 86.4 cm³/mol. The molecule has 0 bridgehead atoms. The van der Waals surface area contributed by atoms with Crippen LogP contribution in [0, 0.1) is 6.92 Å². The second kappa shape index (κ2) is 6.69. The zero-order valence-electron chi connectivity index (χ0n) is 13.5. The molecule has 0 aliphatic carbocycles. The molecule has 6 nitrogen and oxygen atoms in total. The van der Waals surface area contributed by atoms with Gasteiger partial charge in [0.1, 0.15) is 11.4 Å². The Hall–Kier alpha value is -1.56. The summed E-state index contributed by atoms with van der Waals surface area (Å²) >= 11 is 5.92. The molecular weight excluding hydrogens is 304 g/mol. The highest BCUT2D eigenvalue weighted by Gasteiger charge is 2.25. The normalized spacial score (nSPS) is 19.0. The lowest BCUT2D eigenvalue weighted by atomic mass is 10.1. The molecule has 1 amide bonds. The summed E-state index contributed by atoms with van der Waals surface area (Å²) in [4.78, 5) is 22.3. The van der Waals surface area contributed by atoms with Crippen LogP contribution in [0.25, 0.3) is 0 Å². The van der Waals surface area contributed by atoms with Gasteiger partial charge in [-0.25, -0.2) is 14.8 Å². The topological polar surface area (TPSA) is 67.4 Å². The van der Waals surface area contributed by atoms with E-state index in [2.05, 4.69) is 20.2 Å². The van der Waals surface area contributed by atoms with E-state index >= 15 is 0 Å². The van der Waals surface area contributed by atoms with Crippen LogP contribution in [0.5, 0.6) is 0 Å². The summed E-state index contributed by atoms with van der Waals surface area (Å²) in [5, 5.41) is 3.17. The van der Waals surface area contributed by atoms with Crippen molar-refractivity contribution in [3.8, 4) is 0 Å². The molecule has 1 saturated heterocycles. The van der Waals surface area contributed by atoms with Crippen molar-refractivity contribution in [3.05, 3.63) is 17.0 Å². The van der Waals surface area contributed by atoms with Gasteiger partial charge < -0.3 is 15.0 Å². The van der Waals surface area contributed by atoms with E-state index in [4.69, 9.17) is 16.3 Å². The molecule has 2 rings (SSSR count). The molecule has 1 unspecified atom stereocenters. The number of anilines is 1. The summed E-state index contributed by atoms with van der Waals surface area (Å²) in [6.45, 7) is 9.02. The first kappa shape index (κ1) is 16.8. The largest absolute Gasteiger partial charge is 0.444 e. The van der Waals surface area contributed by atoms with Crippen molar-refractivity contribution in [2.75, 3.05) is 18.0 Å². The van der Waals surface area contributed by atoms with Crippen LogP contribution in [0.4, 0.5) is 10.6 Å². The van der Waals surface area contributed by atoms with E-state index in [1.807, 2.05) is 33.8 Å². The number of piperidine rings is 1. The lowest BCUT2D eigenvalue weighted by molar-refractivity contribution is 0.0500. The van der Waals surface area contributed by atoms with Gasteiger partial charge in [0.25, 0.3) is 0 Å². The van der Waals surface area contributed by atoms with Crippen LogP contribution in [0.2, 0.25) is 5.28 Å². The maximum Gasteiger partial charge on any atom is 0.407 e. The number of ether oxygens (including phenoxy) is 1. The van der Waals surface area contributed by atoms with E-state index in [0.29, 0.717) is 6.54 Å². The van der Waals surface area contributed by atoms with Gasteiger partial charge in [-0.15, -0.1) is 0 Å². The summed E-state index contributed by atoms with van der Waals surface area (Å²) in [7, 11) is 0. The molecule has 2 heterocycles. The molecule has 1 aliphatic rings. The van der Waals surface area contributed by atoms with Gasteiger partial charge in [-0.3, -0.25) is 0 Å². The van der Waals surface area contributed by atoms with Gasteiger partial charge in [0, 0.05) is 30.9 Å². The number of amides is 1. The number of nitrogens with zero attached hydrogens (tertiary/aromatic N) is 3. The van der Waals surface area contributed by atoms with Gasteiger partial charge in [0.15, 0.2) is 0 Å². The Balaban J connectivity index is 1.98. The molecule has 0 saturated carbocycles. The van der Waals surface area contributed by atoms with Crippen LogP contribution < -0.4 is 10.2 Å². The van der Waals surface area contributed by atoms with E-state index in [1.54, 1.807) is 0 Å². The molecule has 1 N–H and O–H groups in total. The van der Waals surface area contributed by atoms with Gasteiger partial charge in [0.2, 0.25) is 5.28 Å². The van der Waals surface area contributed by atoms with Crippen molar-refractivity contribution >= 4 is 23.5 Å². The Bertz CT molecular complexity index is 525. The summed E-state index contributed by atoms with van der Waals surface area (Å²) in [5.41, 5.74) is 0.340. The summed E-state index contributed by atoms with van der Waals surface area (Å²) in [5.74, 6) is 0.799. The van der Waals surface area contributed by atoms with E-state index in [9.17, 15) is 4.79 Å². The van der Waals surface area contributed by atoms with Crippen LogP contribution in [-0.4, -0.2) is 40.8 Å². The molecule has 0 radical (unpaired) electrons. The highest BCUT2D eigenvalue weighted by Crippen LogP contribution is 2.20. The van der Waals surface area contributed by atoms with Crippen LogP contribution in [-0.2, 0) is 4.74 Å². The fourth-order valence-electron chi connectivity index (χ4n) is 2.46. The molecule has 1 aromatic heterocycles. The number of halogens is 1. The minimum absolute atomic E-state index is 0.0395. The average Bonchev–Trinajstić information content (AvgIpc) is 2.35. The van der Waals surface area contributed by atoms with E-state index < -0.39 is 5.60 Å². The number of rotatable bonds is 2. The summed E-state index contributed by atoms with van der Waals surface area (Å²) in [6.07, 6.45) is 1.52. The first-order valence-corrected chi connectivity index (χ1v) is 7.86. The minimum Gasteiger partial charge on any atom is -0.444 e. The second-order valence-electron chi connectivity index (χ2n) is 6.57. The van der Waals surface area contributed by atoms with Crippen LogP contribution in [0.1, 0.15) is 39.3 Å². The summed E-state index contributed by atoms with van der Waals surface area (Å²) in [6, 6.07) is 1.94. The van der Waals surface area contributed by atoms with Crippen molar-refractivity contribution in [3.63, 3.8) is 0 Å². The maximum atomic E-state index is 11.9. The smallest absolute Gasteiger partial charge is 0.407 e. The Morgan fingerprint density at radius 2 is 2.18 bits per heavy atom. The fourth-order valence-corrected chi connectivity index (χ4v) is 2.68. The highest BCUT2D eigenvalue weighted by atomic mass is 35.5. The second-order valence-corrected chi connectivity index (χ2v) is 6.91. The molecule has 1 fully saturated rings. The van der Waals surface area contributed by atoms with Crippen LogP contribution in [0.15, 0.2) is 6.07 Å². The molecule has 0 spiro atoms. The average molecular weight is 327 g/mol. The Labute approximate surface area is 136 Å². The number of carbonyl (C=O) groups excluding carboxylic acids is 1. The Morgan fingerprint density at radius 3 is 2.82 bits per heavy atom. The number of aryl methyl sites for hydroxylation is 1. The maximum absolute atomic E-state index is 11.9. The van der Waals surface area contributed by atoms with Gasteiger partial charge in [-0.2, -0.15) is 0 Å². The third-order valence-corrected chi connectivity index (χ3v) is 3.45. The summed E-state index contributed by atoms with van der Waals surface area (Å²) < 4.78 is 5.30. The third-order valence-electron chi connectivity index (χ3n) is 3.28. The third kappa shape index (κ3) is 5.02. The lowest BCUT2D eigenvalue weighted by Gasteiger charge is -2.34. The Kier molecular flexibility index (Phi) is 5.11. The predicted octanol–water partition coefficient (Wildman–Crippen LogP) is 2.93. The van der Waals surface area contributed by atoms with Gasteiger partial charge in [-0.1, -0.05) is 0 Å². The molecular formula is C15H23ClN4O2. The monoisotopic (exact) mass is 326 g/mol. The lowest BCUT2D eigenvalue weighted by Crippen LogP contribution is -2.49. The van der Waals surface area contributed by atoms with Gasteiger partial charge in [0.05, 0.1) is 0 Å². The van der Waals surface area contributed by atoms with E-state index in [-0.39, 0.29) is 17.4 Å². The number of hydrogen-bond acceptors (Lipinski definition) is 5. The molecule has 7 heteroatoms. The van der Waals surface area contributed by atoms with Crippen LogP contribution in [0.3, 0.4) is 0 Å². The van der Waals surface area contributed by atoms with Gasteiger partial charge >= 0.3 is 6.09 Å². The number of hydrogen-bond donors (Lipinski definition) is 1. The van der Waals surface area contributed by atoms with Crippen molar-refractivity contribution in [2.24, 2.45) is 0 Å². The fraction of sp³-hybridized carbons (Fsp3) is 0.667. The van der Waals surface area contributed by atoms with E-state index in [1.165, 1.54) is 0 Å². The van der Waals surface area contributed by atoms with Crippen molar-refractivity contribution in [2.45, 2.75) is 52.2 Å². The molecule has 1 aliphatic heterocycles. The van der Waals surface area contributed by atoms with Gasteiger partial charge in [-0.05, 0) is 52.1 Å². The number of carbonyl (C=O) groups is 1. The molecule has 22 heavy (non-hydrogen) atoms. The van der Waals surface area contributed by atoms with Crippen LogP contribution >= 0.6 is 11.6 Å². The first-order chi connectivity index (χ1) is 10.2.